The molecule has 3 heterocycles. The van der Waals surface area contributed by atoms with Crippen molar-refractivity contribution in [2.45, 2.75) is 44.1 Å². The van der Waals surface area contributed by atoms with Crippen LogP contribution in [0.15, 0.2) is 61.1 Å². The molecule has 1 aliphatic heterocycles. The van der Waals surface area contributed by atoms with E-state index in [0.717, 1.165) is 41.3 Å². The molecule has 1 saturated carbocycles. The fraction of sp³-hybridized carbons (Fsp3) is 0.296. The molecule has 2 fully saturated rings. The fourth-order valence-electron chi connectivity index (χ4n) is 5.11. The van der Waals surface area contributed by atoms with Gasteiger partial charge in [-0.3, -0.25) is 19.6 Å². The molecule has 1 aromatic carbocycles. The number of hydrogen-bond acceptors (Lipinski definition) is 6. The van der Waals surface area contributed by atoms with E-state index in [9.17, 15) is 23.2 Å². The number of nitrogens with zero attached hydrogens (tertiary/aromatic N) is 6. The normalized spacial score (nSPS) is 16.7. The van der Waals surface area contributed by atoms with Gasteiger partial charge in [0.1, 0.15) is 17.2 Å². The number of hydrogen-bond donors (Lipinski definition) is 0. The molecular formula is C27H23F3N6OS. The van der Waals surface area contributed by atoms with Crippen molar-refractivity contribution in [3.8, 4) is 6.07 Å². The molecule has 0 atom stereocenters. The molecule has 3 aromatic rings. The van der Waals surface area contributed by atoms with Crippen molar-refractivity contribution in [3.05, 3.63) is 83.4 Å². The SMILES string of the molecule is CN(Cc1ccncc1)Cc1ccc(N2C(=S)N(c3ccnc(C#N)c3C(F)(F)F)C(=O)C23CCC3)cc1. The predicted molar refractivity (Wildman–Crippen MR) is 139 cm³/mol. The monoisotopic (exact) mass is 536 g/mol. The summed E-state index contributed by atoms with van der Waals surface area (Å²) in [5.41, 5.74) is -0.768. The van der Waals surface area contributed by atoms with Gasteiger partial charge in [0.15, 0.2) is 10.8 Å². The van der Waals surface area contributed by atoms with Gasteiger partial charge in [-0.1, -0.05) is 12.1 Å². The third-order valence-corrected chi connectivity index (χ3v) is 7.37. The molecule has 0 unspecified atom stereocenters. The second kappa shape index (κ2) is 9.78. The second-order valence-electron chi connectivity index (χ2n) is 9.50. The van der Waals surface area contributed by atoms with Gasteiger partial charge in [0.2, 0.25) is 0 Å². The molecule has 2 aromatic heterocycles. The number of thiocarbonyl (C=S) groups is 1. The first-order chi connectivity index (χ1) is 18.2. The maximum atomic E-state index is 14.0. The van der Waals surface area contributed by atoms with Crippen molar-refractivity contribution >= 4 is 34.6 Å². The number of nitriles is 1. The maximum absolute atomic E-state index is 14.0. The molecule has 38 heavy (non-hydrogen) atoms. The van der Waals surface area contributed by atoms with Gasteiger partial charge in [0.05, 0.1) is 5.69 Å². The van der Waals surface area contributed by atoms with Crippen molar-refractivity contribution < 1.29 is 18.0 Å². The molecule has 1 aliphatic carbocycles. The van der Waals surface area contributed by atoms with Crippen molar-refractivity contribution in [1.82, 2.24) is 14.9 Å². The number of alkyl halides is 3. The number of aromatic nitrogens is 2. The predicted octanol–water partition coefficient (Wildman–Crippen LogP) is 5.06. The molecule has 11 heteroatoms. The zero-order valence-corrected chi connectivity index (χ0v) is 21.3. The zero-order chi connectivity index (χ0) is 27.1. The van der Waals surface area contributed by atoms with Crippen LogP contribution in [-0.2, 0) is 24.1 Å². The highest BCUT2D eigenvalue weighted by atomic mass is 32.1. The average Bonchev–Trinajstić information content (AvgIpc) is 3.10. The van der Waals surface area contributed by atoms with E-state index in [1.807, 2.05) is 43.4 Å². The summed E-state index contributed by atoms with van der Waals surface area (Å²) < 4.78 is 42.0. The van der Waals surface area contributed by atoms with E-state index in [-0.39, 0.29) is 5.11 Å². The van der Waals surface area contributed by atoms with E-state index in [1.54, 1.807) is 17.3 Å². The summed E-state index contributed by atoms with van der Waals surface area (Å²) in [5.74, 6) is -0.518. The molecule has 0 radical (unpaired) electrons. The van der Waals surface area contributed by atoms with Gasteiger partial charge in [-0.15, -0.1) is 0 Å². The summed E-state index contributed by atoms with van der Waals surface area (Å²) in [6, 6.07) is 14.1. The Morgan fingerprint density at radius 2 is 1.68 bits per heavy atom. The van der Waals surface area contributed by atoms with Gasteiger partial charge in [0, 0.05) is 37.4 Å². The van der Waals surface area contributed by atoms with Crippen LogP contribution in [0.4, 0.5) is 24.5 Å². The highest BCUT2D eigenvalue weighted by molar-refractivity contribution is 7.81. The molecule has 1 saturated heterocycles. The number of halogens is 3. The molecule has 1 amide bonds. The van der Waals surface area contributed by atoms with Crippen LogP contribution in [-0.4, -0.2) is 38.5 Å². The van der Waals surface area contributed by atoms with E-state index < -0.39 is 34.6 Å². The molecule has 0 N–H and O–H groups in total. The van der Waals surface area contributed by atoms with E-state index in [2.05, 4.69) is 14.9 Å². The van der Waals surface area contributed by atoms with Crippen LogP contribution in [0.2, 0.25) is 0 Å². The highest BCUT2D eigenvalue weighted by Gasteiger charge is 2.60. The number of rotatable bonds is 6. The van der Waals surface area contributed by atoms with Crippen LogP contribution in [0.5, 0.6) is 0 Å². The molecular weight excluding hydrogens is 513 g/mol. The first kappa shape index (κ1) is 25.8. The van der Waals surface area contributed by atoms with Crippen LogP contribution in [0, 0.1) is 11.3 Å². The number of anilines is 2. The maximum Gasteiger partial charge on any atom is 0.421 e. The van der Waals surface area contributed by atoms with Crippen LogP contribution in [0.3, 0.4) is 0 Å². The van der Waals surface area contributed by atoms with Crippen LogP contribution in [0.1, 0.15) is 41.6 Å². The second-order valence-corrected chi connectivity index (χ2v) is 9.87. The minimum atomic E-state index is -4.89. The van der Waals surface area contributed by atoms with Crippen molar-refractivity contribution in [3.63, 3.8) is 0 Å². The quantitative estimate of drug-likeness (QED) is 0.408. The van der Waals surface area contributed by atoms with Crippen molar-refractivity contribution in [2.24, 2.45) is 0 Å². The molecule has 5 rings (SSSR count). The summed E-state index contributed by atoms with van der Waals surface area (Å²) in [5, 5.41) is 9.23. The largest absolute Gasteiger partial charge is 0.421 e. The average molecular weight is 537 g/mol. The minimum Gasteiger partial charge on any atom is -0.303 e. The van der Waals surface area contributed by atoms with Gasteiger partial charge in [-0.05, 0) is 80.0 Å². The van der Waals surface area contributed by atoms with Gasteiger partial charge < -0.3 is 4.90 Å². The lowest BCUT2D eigenvalue weighted by Crippen LogP contribution is -2.55. The zero-order valence-electron chi connectivity index (χ0n) is 20.4. The number of pyridine rings is 2. The number of carbonyl (C=O) groups excluding carboxylic acids is 1. The molecule has 2 aliphatic rings. The lowest BCUT2D eigenvalue weighted by Gasteiger charge is -2.43. The summed E-state index contributed by atoms with van der Waals surface area (Å²) >= 11 is 5.64. The number of amides is 1. The third kappa shape index (κ3) is 4.40. The number of carbonyl (C=O) groups is 1. The minimum absolute atomic E-state index is 0.0437. The first-order valence-corrected chi connectivity index (χ1v) is 12.4. The van der Waals surface area contributed by atoms with Crippen molar-refractivity contribution in [2.75, 3.05) is 16.8 Å². The summed E-state index contributed by atoms with van der Waals surface area (Å²) in [4.78, 5) is 26.0. The molecule has 0 bridgehead atoms. The third-order valence-electron chi connectivity index (χ3n) is 7.00. The fourth-order valence-corrected chi connectivity index (χ4v) is 5.57. The number of benzene rings is 1. The van der Waals surface area contributed by atoms with E-state index >= 15 is 0 Å². The molecule has 7 nitrogen and oxygen atoms in total. The first-order valence-electron chi connectivity index (χ1n) is 12.0. The summed E-state index contributed by atoms with van der Waals surface area (Å²) in [6.07, 6.45) is 1.39. The van der Waals surface area contributed by atoms with Gasteiger partial charge in [0.25, 0.3) is 5.91 Å². The lowest BCUT2D eigenvalue weighted by atomic mass is 9.75. The van der Waals surface area contributed by atoms with Crippen LogP contribution < -0.4 is 9.80 Å². The van der Waals surface area contributed by atoms with Crippen molar-refractivity contribution in [1.29, 1.82) is 5.26 Å². The smallest absolute Gasteiger partial charge is 0.303 e. The Labute approximate surface area is 223 Å². The van der Waals surface area contributed by atoms with Gasteiger partial charge in [-0.2, -0.15) is 18.4 Å². The Hall–Kier alpha value is -3.88. The standard InChI is InChI=1S/C27H23F3N6OS/c1-34(17-19-7-12-32-13-8-19)16-18-3-5-20(6-4-18)36-25(38)35(24(37)26(36)10-2-11-26)22-9-14-33-21(15-31)23(22)27(28,29)30/h3-9,12-14H,2,10-11,16-17H2,1H3. The highest BCUT2D eigenvalue weighted by Crippen LogP contribution is 2.49. The Bertz CT molecular complexity index is 1420. The Morgan fingerprint density at radius 3 is 2.24 bits per heavy atom. The lowest BCUT2D eigenvalue weighted by molar-refractivity contribution is -0.137. The summed E-state index contributed by atoms with van der Waals surface area (Å²) in [6.45, 7) is 1.41. The Kier molecular flexibility index (Phi) is 6.63. The van der Waals surface area contributed by atoms with Gasteiger partial charge >= 0.3 is 6.18 Å². The molecule has 194 valence electrons. The van der Waals surface area contributed by atoms with Crippen LogP contribution >= 0.6 is 12.2 Å². The van der Waals surface area contributed by atoms with Crippen LogP contribution in [0.25, 0.3) is 0 Å². The summed E-state index contributed by atoms with van der Waals surface area (Å²) in [7, 11) is 2.01. The molecule has 1 spiro atoms. The topological polar surface area (TPSA) is 76.4 Å². The Morgan fingerprint density at radius 1 is 1.05 bits per heavy atom. The van der Waals surface area contributed by atoms with E-state index in [4.69, 9.17) is 12.2 Å². The van der Waals surface area contributed by atoms with E-state index in [1.165, 1.54) is 6.07 Å². The van der Waals surface area contributed by atoms with E-state index in [0.29, 0.717) is 25.1 Å². The van der Waals surface area contributed by atoms with Gasteiger partial charge in [-0.25, -0.2) is 4.98 Å². The Balaban J connectivity index is 1.44.